The molecular formula is C9H9N3O2S. The van der Waals surface area contributed by atoms with Crippen molar-refractivity contribution in [3.63, 3.8) is 0 Å². The topological polar surface area (TPSA) is 67.5 Å². The van der Waals surface area contributed by atoms with E-state index in [1.54, 1.807) is 23.7 Å². The first kappa shape index (κ1) is 9.85. The van der Waals surface area contributed by atoms with Gasteiger partial charge < -0.3 is 4.72 Å². The number of hydrogen-bond donors (Lipinski definition) is 1. The molecule has 1 aliphatic heterocycles. The molecule has 0 spiro atoms. The number of aliphatic imine (C=N–C) groups is 1. The van der Waals surface area contributed by atoms with Gasteiger partial charge in [0.15, 0.2) is 0 Å². The molecule has 0 fully saturated rings. The minimum absolute atomic E-state index is 0.0797. The van der Waals surface area contributed by atoms with Crippen molar-refractivity contribution in [1.82, 2.24) is 4.72 Å². The van der Waals surface area contributed by atoms with Crippen molar-refractivity contribution in [2.45, 2.75) is 0 Å². The molecule has 1 heterocycles. The minimum atomic E-state index is -0.397. The summed E-state index contributed by atoms with van der Waals surface area (Å²) in [6.07, 6.45) is 1.96. The molecular weight excluding hydrogens is 214 g/mol. The Labute approximate surface area is 89.0 Å². The molecule has 2 rings (SSSR count). The average Bonchev–Trinajstić information content (AvgIpc) is 2.65. The number of nitrogens with one attached hydrogen (secondary N) is 1. The Hall–Kier alpha value is -1.69. The Morgan fingerprint density at radius 1 is 1.47 bits per heavy atom. The molecule has 0 aliphatic carbocycles. The first-order valence-electron chi connectivity index (χ1n) is 4.25. The number of nitrogens with zero attached hydrogens (tertiary/aromatic N) is 2. The van der Waals surface area contributed by atoms with Crippen molar-refractivity contribution in [3.8, 4) is 0 Å². The van der Waals surface area contributed by atoms with Gasteiger partial charge in [-0.05, 0) is 12.3 Å². The summed E-state index contributed by atoms with van der Waals surface area (Å²) < 4.78 is 3.08. The predicted octanol–water partition coefficient (Wildman–Crippen LogP) is 1.52. The highest BCUT2D eigenvalue weighted by Crippen LogP contribution is 2.20. The molecule has 0 amide bonds. The van der Waals surface area contributed by atoms with Gasteiger partial charge in [0.2, 0.25) is 0 Å². The Balaban J connectivity index is 2.41. The third-order valence-corrected chi connectivity index (χ3v) is 2.89. The molecule has 1 aliphatic rings. The van der Waals surface area contributed by atoms with Crippen LogP contribution in [0.1, 0.15) is 5.56 Å². The van der Waals surface area contributed by atoms with Gasteiger partial charge in [0.05, 0.1) is 16.0 Å². The van der Waals surface area contributed by atoms with Crippen molar-refractivity contribution in [1.29, 1.82) is 0 Å². The van der Waals surface area contributed by atoms with Crippen molar-refractivity contribution in [3.05, 3.63) is 39.9 Å². The molecule has 1 aromatic rings. The highest BCUT2D eigenvalue weighted by molar-refractivity contribution is 8.13. The third kappa shape index (κ3) is 1.89. The van der Waals surface area contributed by atoms with Crippen molar-refractivity contribution >= 4 is 27.7 Å². The zero-order chi connectivity index (χ0) is 10.8. The quantitative estimate of drug-likeness (QED) is 0.469. The first-order chi connectivity index (χ1) is 7.18. The Kier molecular flexibility index (Phi) is 2.51. The van der Waals surface area contributed by atoms with E-state index >= 15 is 0 Å². The summed E-state index contributed by atoms with van der Waals surface area (Å²) >= 11 is 0. The van der Waals surface area contributed by atoms with Gasteiger partial charge in [-0.2, -0.15) is 0 Å². The molecule has 1 unspecified atom stereocenters. The summed E-state index contributed by atoms with van der Waals surface area (Å²) in [5, 5.41) is 10.8. The second kappa shape index (κ2) is 3.82. The number of hydrogen-bond acceptors (Lipinski definition) is 4. The lowest BCUT2D eigenvalue weighted by Gasteiger charge is -2.04. The van der Waals surface area contributed by atoms with Gasteiger partial charge in [-0.1, -0.05) is 22.8 Å². The monoisotopic (exact) mass is 223 g/mol. The fraction of sp³-hybridized carbons (Fsp3) is 0.111. The summed E-state index contributed by atoms with van der Waals surface area (Å²) in [7, 11) is -0.126. The molecule has 1 N–H and O–H groups in total. The highest BCUT2D eigenvalue weighted by Gasteiger charge is 2.18. The minimum Gasteiger partial charge on any atom is -0.318 e. The van der Waals surface area contributed by atoms with Gasteiger partial charge in [0.25, 0.3) is 5.69 Å². The van der Waals surface area contributed by atoms with Gasteiger partial charge in [-0.3, -0.25) is 10.1 Å². The smallest absolute Gasteiger partial charge is 0.280 e. The molecule has 15 heavy (non-hydrogen) atoms. The van der Waals surface area contributed by atoms with E-state index in [9.17, 15) is 10.1 Å². The Bertz CT molecular complexity index is 482. The van der Waals surface area contributed by atoms with Crippen LogP contribution >= 0.6 is 10.7 Å². The van der Waals surface area contributed by atoms with Crippen LogP contribution in [0.4, 0.5) is 5.69 Å². The Morgan fingerprint density at radius 3 is 2.80 bits per heavy atom. The maximum absolute atomic E-state index is 10.8. The van der Waals surface area contributed by atoms with Crippen LogP contribution in [0.5, 0.6) is 0 Å². The van der Waals surface area contributed by atoms with E-state index in [-0.39, 0.29) is 16.4 Å². The normalized spacial score (nSPS) is 19.0. The van der Waals surface area contributed by atoms with E-state index in [0.29, 0.717) is 11.4 Å². The SMILES string of the molecule is CS1=CN=C(c2ccccc2[N+](=O)[O-])N1. The van der Waals surface area contributed by atoms with E-state index in [1.165, 1.54) is 6.07 Å². The van der Waals surface area contributed by atoms with Gasteiger partial charge in [0.1, 0.15) is 5.84 Å². The fourth-order valence-electron chi connectivity index (χ4n) is 1.29. The highest BCUT2D eigenvalue weighted by atomic mass is 32.2. The summed E-state index contributed by atoms with van der Waals surface area (Å²) in [4.78, 5) is 14.5. The van der Waals surface area contributed by atoms with Crippen molar-refractivity contribution < 1.29 is 4.92 Å². The summed E-state index contributed by atoms with van der Waals surface area (Å²) in [5.41, 5.74) is 2.37. The van der Waals surface area contributed by atoms with Crippen LogP contribution in [0, 0.1) is 10.1 Å². The number of rotatable bonds is 2. The zero-order valence-electron chi connectivity index (χ0n) is 8.01. The molecule has 0 saturated heterocycles. The van der Waals surface area contributed by atoms with Crippen LogP contribution in [-0.4, -0.2) is 22.5 Å². The number of para-hydroxylation sites is 1. The first-order valence-corrected chi connectivity index (χ1v) is 5.94. The Morgan fingerprint density at radius 2 is 2.20 bits per heavy atom. The largest absolute Gasteiger partial charge is 0.318 e. The van der Waals surface area contributed by atoms with Crippen molar-refractivity contribution in [2.24, 2.45) is 4.99 Å². The third-order valence-electron chi connectivity index (χ3n) is 1.95. The number of nitro benzene ring substituents is 1. The lowest BCUT2D eigenvalue weighted by molar-refractivity contribution is -0.385. The van der Waals surface area contributed by atoms with E-state index in [0.717, 1.165) is 0 Å². The maximum Gasteiger partial charge on any atom is 0.280 e. The van der Waals surface area contributed by atoms with E-state index in [4.69, 9.17) is 0 Å². The molecule has 5 nitrogen and oxygen atoms in total. The molecule has 0 saturated carbocycles. The van der Waals surface area contributed by atoms with E-state index < -0.39 is 4.92 Å². The molecule has 6 heteroatoms. The summed E-state index contributed by atoms with van der Waals surface area (Å²) in [5.74, 6) is 0.577. The molecule has 0 aromatic heterocycles. The molecule has 0 bridgehead atoms. The average molecular weight is 223 g/mol. The predicted molar refractivity (Wildman–Crippen MR) is 62.3 cm³/mol. The van der Waals surface area contributed by atoms with E-state index in [2.05, 4.69) is 9.71 Å². The van der Waals surface area contributed by atoms with Crippen LogP contribution in [-0.2, 0) is 0 Å². The number of amidine groups is 1. The zero-order valence-corrected chi connectivity index (χ0v) is 8.82. The standard InChI is InChI=1S/C9H9N3O2S/c1-15-6-10-9(11-15)7-4-2-3-5-8(7)12(13)14/h2-6H,1H3,(H,10,11). The lowest BCUT2D eigenvalue weighted by atomic mass is 10.1. The summed E-state index contributed by atoms with van der Waals surface area (Å²) in [6, 6.07) is 6.58. The van der Waals surface area contributed by atoms with E-state index in [1.807, 2.05) is 6.26 Å². The van der Waals surface area contributed by atoms with Gasteiger partial charge in [-0.15, -0.1) is 0 Å². The lowest BCUT2D eigenvalue weighted by Crippen LogP contribution is -2.16. The molecule has 1 atom stereocenters. The van der Waals surface area contributed by atoms with Crippen LogP contribution < -0.4 is 4.72 Å². The van der Waals surface area contributed by atoms with Crippen LogP contribution in [0.25, 0.3) is 0 Å². The van der Waals surface area contributed by atoms with Gasteiger partial charge >= 0.3 is 0 Å². The van der Waals surface area contributed by atoms with Gasteiger partial charge in [0, 0.05) is 6.07 Å². The van der Waals surface area contributed by atoms with Crippen molar-refractivity contribution in [2.75, 3.05) is 6.26 Å². The number of benzene rings is 1. The van der Waals surface area contributed by atoms with Crippen LogP contribution in [0.3, 0.4) is 0 Å². The second-order valence-electron chi connectivity index (χ2n) is 3.02. The summed E-state index contributed by atoms with van der Waals surface area (Å²) in [6.45, 7) is 0. The molecule has 1 aromatic carbocycles. The van der Waals surface area contributed by atoms with Gasteiger partial charge in [-0.25, -0.2) is 4.99 Å². The molecule has 78 valence electrons. The molecule has 0 radical (unpaired) electrons. The number of nitro groups is 1. The van der Waals surface area contributed by atoms with Crippen LogP contribution in [0.15, 0.2) is 29.3 Å². The van der Waals surface area contributed by atoms with Crippen LogP contribution in [0.2, 0.25) is 0 Å². The fourth-order valence-corrected chi connectivity index (χ4v) is 2.08. The second-order valence-corrected chi connectivity index (χ2v) is 4.55. The maximum atomic E-state index is 10.8.